The van der Waals surface area contributed by atoms with Gasteiger partial charge in [-0.2, -0.15) is 0 Å². The molecule has 1 atom stereocenters. The molecule has 2 aromatic carbocycles. The number of hydrogen-bond donors (Lipinski definition) is 1. The molecule has 2 aromatic rings. The van der Waals surface area contributed by atoms with Crippen molar-refractivity contribution in [2.24, 2.45) is 0 Å². The van der Waals surface area contributed by atoms with E-state index in [9.17, 15) is 14.3 Å². The van der Waals surface area contributed by atoms with Crippen LogP contribution in [0.3, 0.4) is 0 Å². The Morgan fingerprint density at radius 2 is 1.95 bits per heavy atom. The predicted octanol–water partition coefficient (Wildman–Crippen LogP) is 2.43. The van der Waals surface area contributed by atoms with Crippen molar-refractivity contribution in [1.29, 1.82) is 0 Å². The molecule has 1 aliphatic heterocycles. The van der Waals surface area contributed by atoms with Crippen LogP contribution in [0.25, 0.3) is 0 Å². The molecule has 0 fully saturated rings. The third kappa shape index (κ3) is 2.08. The molecule has 0 aliphatic carbocycles. The molecule has 0 saturated heterocycles. The molecule has 0 saturated carbocycles. The first kappa shape index (κ1) is 12.8. The number of aliphatic hydroxyl groups is 1. The van der Waals surface area contributed by atoms with E-state index in [0.29, 0.717) is 17.5 Å². The van der Waals surface area contributed by atoms with Gasteiger partial charge in [-0.3, -0.25) is 4.79 Å². The highest BCUT2D eigenvalue weighted by Crippen LogP contribution is 2.32. The van der Waals surface area contributed by atoms with Gasteiger partial charge in [0.1, 0.15) is 11.9 Å². The van der Waals surface area contributed by atoms with Crippen molar-refractivity contribution in [3.8, 4) is 0 Å². The molecule has 3 nitrogen and oxygen atoms in total. The summed E-state index contributed by atoms with van der Waals surface area (Å²) in [6.07, 6.45) is -0.549. The Balaban J connectivity index is 1.96. The number of carbonyl (C=O) groups is 1. The second-order valence-electron chi connectivity index (χ2n) is 4.98. The Hall–Kier alpha value is -2.20. The lowest BCUT2D eigenvalue weighted by atomic mass is 9.98. The zero-order chi connectivity index (χ0) is 14.3. The van der Waals surface area contributed by atoms with Crippen molar-refractivity contribution in [1.82, 2.24) is 0 Å². The van der Waals surface area contributed by atoms with Gasteiger partial charge in [0.2, 0.25) is 5.91 Å². The Kier molecular flexibility index (Phi) is 3.03. The van der Waals surface area contributed by atoms with Gasteiger partial charge in [-0.1, -0.05) is 24.3 Å². The molecule has 1 amide bonds. The van der Waals surface area contributed by atoms with E-state index in [4.69, 9.17) is 0 Å². The Morgan fingerprint density at radius 3 is 2.70 bits per heavy atom. The van der Waals surface area contributed by atoms with E-state index in [2.05, 4.69) is 0 Å². The van der Waals surface area contributed by atoms with Gasteiger partial charge in [-0.25, -0.2) is 4.39 Å². The standard InChI is InChI=1S/C16H14FNO2/c1-18-14-6-5-11(7-12(14)9-15(18)19)16(20)10-3-2-4-13(17)8-10/h2-8,16,20H,9H2,1H3. The molecule has 1 heterocycles. The maximum Gasteiger partial charge on any atom is 0.231 e. The van der Waals surface area contributed by atoms with Crippen LogP contribution >= 0.6 is 0 Å². The molecule has 3 rings (SSSR count). The fraction of sp³-hybridized carbons (Fsp3) is 0.188. The summed E-state index contributed by atoms with van der Waals surface area (Å²) in [6.45, 7) is 0. The Labute approximate surface area is 116 Å². The molecule has 4 heteroatoms. The van der Waals surface area contributed by atoms with Gasteiger partial charge in [-0.05, 0) is 34.9 Å². The number of aliphatic hydroxyl groups excluding tert-OH is 1. The number of nitrogens with zero attached hydrogens (tertiary/aromatic N) is 1. The van der Waals surface area contributed by atoms with Crippen molar-refractivity contribution < 1.29 is 14.3 Å². The van der Waals surface area contributed by atoms with Crippen LogP contribution in [0.4, 0.5) is 10.1 Å². The Morgan fingerprint density at radius 1 is 1.20 bits per heavy atom. The van der Waals surface area contributed by atoms with E-state index < -0.39 is 6.10 Å². The number of carbonyl (C=O) groups excluding carboxylic acids is 1. The van der Waals surface area contributed by atoms with Crippen LogP contribution < -0.4 is 4.90 Å². The average molecular weight is 271 g/mol. The van der Waals surface area contributed by atoms with E-state index in [1.54, 1.807) is 30.1 Å². The minimum Gasteiger partial charge on any atom is -0.384 e. The van der Waals surface area contributed by atoms with E-state index in [1.165, 1.54) is 12.1 Å². The van der Waals surface area contributed by atoms with Crippen molar-refractivity contribution >= 4 is 11.6 Å². The maximum absolute atomic E-state index is 13.2. The number of anilines is 1. The van der Waals surface area contributed by atoms with E-state index in [0.717, 1.165) is 11.3 Å². The lowest BCUT2D eigenvalue weighted by molar-refractivity contribution is -0.117. The second-order valence-corrected chi connectivity index (χ2v) is 4.98. The summed E-state index contributed by atoms with van der Waals surface area (Å²) in [6, 6.07) is 11.3. The topological polar surface area (TPSA) is 40.5 Å². The lowest BCUT2D eigenvalue weighted by Crippen LogP contribution is -2.20. The molecule has 1 unspecified atom stereocenters. The van der Waals surface area contributed by atoms with Crippen LogP contribution in [-0.2, 0) is 11.2 Å². The van der Waals surface area contributed by atoms with Gasteiger partial charge >= 0.3 is 0 Å². The van der Waals surface area contributed by atoms with Gasteiger partial charge in [0, 0.05) is 12.7 Å². The first-order valence-corrected chi connectivity index (χ1v) is 6.39. The zero-order valence-corrected chi connectivity index (χ0v) is 11.0. The molecule has 0 spiro atoms. The summed E-state index contributed by atoms with van der Waals surface area (Å²) in [4.78, 5) is 13.2. The number of hydrogen-bond acceptors (Lipinski definition) is 2. The van der Waals surface area contributed by atoms with Gasteiger partial charge in [0.15, 0.2) is 0 Å². The molecular weight excluding hydrogens is 257 g/mol. The molecule has 0 radical (unpaired) electrons. The summed E-state index contributed by atoms with van der Waals surface area (Å²) in [7, 11) is 1.73. The van der Waals surface area contributed by atoms with E-state index >= 15 is 0 Å². The average Bonchev–Trinajstić information content (AvgIpc) is 2.73. The number of fused-ring (bicyclic) bond motifs is 1. The van der Waals surface area contributed by atoms with Crippen molar-refractivity contribution in [2.75, 3.05) is 11.9 Å². The first-order chi connectivity index (χ1) is 9.56. The molecule has 0 bridgehead atoms. The van der Waals surface area contributed by atoms with Gasteiger partial charge in [0.05, 0.1) is 6.42 Å². The van der Waals surface area contributed by atoms with E-state index in [-0.39, 0.29) is 11.7 Å². The zero-order valence-electron chi connectivity index (χ0n) is 11.0. The van der Waals surface area contributed by atoms with Crippen LogP contribution in [0.15, 0.2) is 42.5 Å². The number of likely N-dealkylation sites (N-methyl/N-ethyl adjacent to an activating group) is 1. The molecule has 1 aliphatic rings. The van der Waals surface area contributed by atoms with Gasteiger partial charge in [-0.15, -0.1) is 0 Å². The number of amides is 1. The third-order valence-electron chi connectivity index (χ3n) is 3.66. The van der Waals surface area contributed by atoms with E-state index in [1.807, 2.05) is 12.1 Å². The third-order valence-corrected chi connectivity index (χ3v) is 3.66. The van der Waals surface area contributed by atoms with Crippen LogP contribution in [0.1, 0.15) is 22.8 Å². The number of halogens is 1. The van der Waals surface area contributed by atoms with Gasteiger partial charge < -0.3 is 10.0 Å². The van der Waals surface area contributed by atoms with Crippen molar-refractivity contribution in [2.45, 2.75) is 12.5 Å². The van der Waals surface area contributed by atoms with Crippen molar-refractivity contribution in [3.05, 3.63) is 65.0 Å². The minimum absolute atomic E-state index is 0.0393. The quantitative estimate of drug-likeness (QED) is 0.911. The highest BCUT2D eigenvalue weighted by molar-refractivity contribution is 6.00. The summed E-state index contributed by atoms with van der Waals surface area (Å²) in [5.74, 6) is -0.338. The highest BCUT2D eigenvalue weighted by atomic mass is 19.1. The van der Waals surface area contributed by atoms with Gasteiger partial charge in [0.25, 0.3) is 0 Å². The van der Waals surface area contributed by atoms with Crippen LogP contribution in [0.2, 0.25) is 0 Å². The second kappa shape index (κ2) is 4.72. The predicted molar refractivity (Wildman–Crippen MR) is 74.0 cm³/mol. The maximum atomic E-state index is 13.2. The summed E-state index contributed by atoms with van der Waals surface area (Å²) in [5, 5.41) is 10.3. The Bertz CT molecular complexity index is 684. The minimum atomic E-state index is -0.892. The highest BCUT2D eigenvalue weighted by Gasteiger charge is 2.25. The summed E-state index contributed by atoms with van der Waals surface area (Å²) < 4.78 is 13.2. The normalized spacial score (nSPS) is 15.3. The molecule has 1 N–H and O–H groups in total. The van der Waals surface area contributed by atoms with Crippen molar-refractivity contribution in [3.63, 3.8) is 0 Å². The molecule has 20 heavy (non-hydrogen) atoms. The van der Waals surface area contributed by atoms with Crippen LogP contribution in [0, 0.1) is 5.82 Å². The largest absolute Gasteiger partial charge is 0.384 e. The lowest BCUT2D eigenvalue weighted by Gasteiger charge is -2.14. The monoisotopic (exact) mass is 271 g/mol. The fourth-order valence-corrected chi connectivity index (χ4v) is 2.53. The molecule has 0 aromatic heterocycles. The molecular formula is C16H14FNO2. The SMILES string of the molecule is CN1C(=O)Cc2cc(C(O)c3cccc(F)c3)ccc21. The first-order valence-electron chi connectivity index (χ1n) is 6.39. The van der Waals surface area contributed by atoms with Crippen LogP contribution in [0.5, 0.6) is 0 Å². The summed E-state index contributed by atoms with van der Waals surface area (Å²) >= 11 is 0. The number of rotatable bonds is 2. The smallest absolute Gasteiger partial charge is 0.231 e. The molecule has 102 valence electrons. The fourth-order valence-electron chi connectivity index (χ4n) is 2.53. The summed E-state index contributed by atoms with van der Waals surface area (Å²) in [5.41, 5.74) is 2.93. The van der Waals surface area contributed by atoms with Crippen LogP contribution in [-0.4, -0.2) is 18.1 Å². The number of benzene rings is 2.